The third kappa shape index (κ3) is 5.92. The molecule has 0 spiro atoms. The lowest BCUT2D eigenvalue weighted by Gasteiger charge is -2.11. The van der Waals surface area contributed by atoms with Crippen molar-refractivity contribution >= 4 is 23.2 Å². The van der Waals surface area contributed by atoms with Crippen molar-refractivity contribution in [3.8, 4) is 0 Å². The fraction of sp³-hybridized carbons (Fsp3) is 0.333. The van der Waals surface area contributed by atoms with Crippen molar-refractivity contribution in [2.75, 3.05) is 10.6 Å². The van der Waals surface area contributed by atoms with Crippen LogP contribution in [-0.4, -0.2) is 11.9 Å². The van der Waals surface area contributed by atoms with Crippen LogP contribution in [0.15, 0.2) is 47.5 Å². The smallest absolute Gasteiger partial charge is 0.227 e. The molecule has 2 aromatic rings. The number of benzene rings is 2. The highest BCUT2D eigenvalue weighted by Crippen LogP contribution is 2.15. The van der Waals surface area contributed by atoms with Crippen LogP contribution in [0.5, 0.6) is 0 Å². The van der Waals surface area contributed by atoms with Crippen molar-refractivity contribution in [2.24, 2.45) is 16.6 Å². The van der Waals surface area contributed by atoms with E-state index in [9.17, 15) is 4.79 Å². The number of anilines is 2. The number of aryl methyl sites for hydroxylation is 2. The van der Waals surface area contributed by atoms with Gasteiger partial charge in [0.1, 0.15) is 0 Å². The number of guanidine groups is 1. The zero-order valence-corrected chi connectivity index (χ0v) is 16.0. The number of hydrogen-bond acceptors (Lipinski definition) is 2. The Labute approximate surface area is 155 Å². The molecule has 138 valence electrons. The second kappa shape index (κ2) is 9.04. The molecule has 5 heteroatoms. The summed E-state index contributed by atoms with van der Waals surface area (Å²) < 4.78 is 0. The molecule has 0 fully saturated rings. The van der Waals surface area contributed by atoms with Crippen LogP contribution in [0.2, 0.25) is 0 Å². The summed E-state index contributed by atoms with van der Waals surface area (Å²) in [6.07, 6.45) is 0.816. The van der Waals surface area contributed by atoms with Gasteiger partial charge in [0.2, 0.25) is 5.91 Å². The Balaban J connectivity index is 2.00. The molecule has 1 amide bonds. The van der Waals surface area contributed by atoms with Crippen molar-refractivity contribution in [2.45, 2.75) is 40.7 Å². The van der Waals surface area contributed by atoms with Crippen LogP contribution in [-0.2, 0) is 11.3 Å². The van der Waals surface area contributed by atoms with Crippen LogP contribution in [0, 0.1) is 19.8 Å². The van der Waals surface area contributed by atoms with Crippen LogP contribution in [0.3, 0.4) is 0 Å². The summed E-state index contributed by atoms with van der Waals surface area (Å²) in [7, 11) is 0. The monoisotopic (exact) mass is 352 g/mol. The Kier molecular flexibility index (Phi) is 6.78. The second-order valence-electron chi connectivity index (χ2n) is 6.70. The van der Waals surface area contributed by atoms with Crippen LogP contribution in [0.1, 0.15) is 37.0 Å². The van der Waals surface area contributed by atoms with E-state index >= 15 is 0 Å². The van der Waals surface area contributed by atoms with E-state index in [1.807, 2.05) is 64.1 Å². The zero-order chi connectivity index (χ0) is 19.1. The van der Waals surface area contributed by atoms with Gasteiger partial charge >= 0.3 is 0 Å². The molecule has 1 atom stereocenters. The predicted molar refractivity (Wildman–Crippen MR) is 109 cm³/mol. The fourth-order valence-electron chi connectivity index (χ4n) is 2.61. The predicted octanol–water partition coefficient (Wildman–Crippen LogP) is 4.21. The standard InChI is InChI=1S/C21H28N4O/c1-5-16(4)20(26)24-18-8-6-7-17(12-18)13-23-21(22)25-19-10-14(2)9-15(3)11-19/h6-12,16H,5,13H2,1-4H3,(H,24,26)(H3,22,23,25). The van der Waals surface area contributed by atoms with Gasteiger partial charge in [-0.1, -0.05) is 32.0 Å². The number of carbonyl (C=O) groups is 1. The molecule has 0 aliphatic carbocycles. The molecule has 1 unspecified atom stereocenters. The van der Waals surface area contributed by atoms with E-state index < -0.39 is 0 Å². The largest absolute Gasteiger partial charge is 0.370 e. The molecule has 0 radical (unpaired) electrons. The third-order valence-corrected chi connectivity index (χ3v) is 4.18. The van der Waals surface area contributed by atoms with Crippen molar-refractivity contribution in [3.63, 3.8) is 0 Å². The van der Waals surface area contributed by atoms with Gasteiger partial charge in [-0.2, -0.15) is 0 Å². The van der Waals surface area contributed by atoms with Gasteiger partial charge in [0.05, 0.1) is 6.54 Å². The van der Waals surface area contributed by atoms with E-state index in [0.29, 0.717) is 12.5 Å². The molecule has 0 bridgehead atoms. The molecule has 5 nitrogen and oxygen atoms in total. The molecule has 4 N–H and O–H groups in total. The average molecular weight is 352 g/mol. The first-order valence-corrected chi connectivity index (χ1v) is 8.92. The van der Waals surface area contributed by atoms with E-state index in [0.717, 1.165) is 23.4 Å². The fourth-order valence-corrected chi connectivity index (χ4v) is 2.61. The maximum Gasteiger partial charge on any atom is 0.227 e. The van der Waals surface area contributed by atoms with Crippen LogP contribution >= 0.6 is 0 Å². The molecule has 26 heavy (non-hydrogen) atoms. The molecule has 0 aliphatic heterocycles. The first-order chi connectivity index (χ1) is 12.4. The van der Waals surface area contributed by atoms with Gasteiger partial charge < -0.3 is 16.4 Å². The van der Waals surface area contributed by atoms with E-state index in [4.69, 9.17) is 5.73 Å². The Hall–Kier alpha value is -2.82. The number of nitrogens with one attached hydrogen (secondary N) is 2. The number of hydrogen-bond donors (Lipinski definition) is 3. The highest BCUT2D eigenvalue weighted by atomic mass is 16.1. The molecular formula is C21H28N4O. The van der Waals surface area contributed by atoms with Crippen molar-refractivity contribution in [1.82, 2.24) is 0 Å². The molecule has 0 aromatic heterocycles. The van der Waals surface area contributed by atoms with Crippen LogP contribution in [0.4, 0.5) is 11.4 Å². The van der Waals surface area contributed by atoms with Gasteiger partial charge in [0, 0.05) is 17.3 Å². The minimum absolute atomic E-state index is 0.00527. The zero-order valence-electron chi connectivity index (χ0n) is 16.0. The molecule has 0 aliphatic rings. The Morgan fingerprint density at radius 2 is 1.77 bits per heavy atom. The Bertz CT molecular complexity index is 778. The number of amides is 1. The SMILES string of the molecule is CCC(C)C(=O)Nc1cccc(CN=C(N)Nc2cc(C)cc(C)c2)c1. The van der Waals surface area contributed by atoms with E-state index in [1.54, 1.807) is 0 Å². The third-order valence-electron chi connectivity index (χ3n) is 4.18. The topological polar surface area (TPSA) is 79.5 Å². The van der Waals surface area contributed by atoms with Crippen molar-refractivity contribution in [3.05, 3.63) is 59.2 Å². The number of nitrogens with two attached hydrogens (primary N) is 1. The van der Waals surface area contributed by atoms with Gasteiger partial charge in [-0.3, -0.25) is 4.79 Å². The summed E-state index contributed by atoms with van der Waals surface area (Å²) in [5.74, 6) is 0.391. The lowest BCUT2D eigenvalue weighted by molar-refractivity contribution is -0.119. The molecule has 2 rings (SSSR count). The van der Waals surface area contributed by atoms with E-state index in [2.05, 4.69) is 21.7 Å². The van der Waals surface area contributed by atoms with Crippen LogP contribution in [0.25, 0.3) is 0 Å². The normalized spacial score (nSPS) is 12.5. The first-order valence-electron chi connectivity index (χ1n) is 8.92. The van der Waals surface area contributed by atoms with Gasteiger partial charge in [-0.15, -0.1) is 0 Å². The van der Waals surface area contributed by atoms with Gasteiger partial charge in [0.25, 0.3) is 0 Å². The highest BCUT2D eigenvalue weighted by Gasteiger charge is 2.10. The molecule has 0 saturated heterocycles. The number of nitrogens with zero attached hydrogens (tertiary/aromatic N) is 1. The van der Waals surface area contributed by atoms with Gasteiger partial charge in [-0.25, -0.2) is 4.99 Å². The summed E-state index contributed by atoms with van der Waals surface area (Å²) in [4.78, 5) is 16.4. The molecule has 2 aromatic carbocycles. The van der Waals surface area contributed by atoms with E-state index in [-0.39, 0.29) is 11.8 Å². The minimum Gasteiger partial charge on any atom is -0.370 e. The van der Waals surface area contributed by atoms with E-state index in [1.165, 1.54) is 11.1 Å². The number of rotatable bonds is 6. The summed E-state index contributed by atoms with van der Waals surface area (Å²) in [6.45, 7) is 8.45. The summed E-state index contributed by atoms with van der Waals surface area (Å²) >= 11 is 0. The minimum atomic E-state index is -0.00527. The van der Waals surface area contributed by atoms with Crippen molar-refractivity contribution in [1.29, 1.82) is 0 Å². The highest BCUT2D eigenvalue weighted by molar-refractivity contribution is 5.93. The lowest BCUT2D eigenvalue weighted by atomic mass is 10.1. The van der Waals surface area contributed by atoms with Gasteiger partial charge in [-0.05, 0) is 61.2 Å². The quantitative estimate of drug-likeness (QED) is 0.538. The van der Waals surface area contributed by atoms with Crippen LogP contribution < -0.4 is 16.4 Å². The molecular weight excluding hydrogens is 324 g/mol. The number of aliphatic imine (C=N–C) groups is 1. The summed E-state index contributed by atoms with van der Waals surface area (Å²) in [6, 6.07) is 13.8. The molecule has 0 saturated carbocycles. The average Bonchev–Trinajstić information content (AvgIpc) is 2.58. The maximum absolute atomic E-state index is 12.0. The van der Waals surface area contributed by atoms with Crippen molar-refractivity contribution < 1.29 is 4.79 Å². The van der Waals surface area contributed by atoms with Gasteiger partial charge in [0.15, 0.2) is 5.96 Å². The summed E-state index contributed by atoms with van der Waals surface area (Å²) in [5.41, 5.74) is 11.0. The number of carbonyl (C=O) groups excluding carboxylic acids is 1. The second-order valence-corrected chi connectivity index (χ2v) is 6.70. The Morgan fingerprint density at radius 3 is 2.42 bits per heavy atom. The molecule has 0 heterocycles. The first kappa shape index (κ1) is 19.5. The maximum atomic E-state index is 12.0. The summed E-state index contributed by atoms with van der Waals surface area (Å²) in [5, 5.41) is 6.06. The lowest BCUT2D eigenvalue weighted by Crippen LogP contribution is -2.22. The Morgan fingerprint density at radius 1 is 1.08 bits per heavy atom.